The van der Waals surface area contributed by atoms with Crippen LogP contribution in [-0.2, 0) is 9.59 Å². The molecule has 0 saturated carbocycles. The maximum absolute atomic E-state index is 12.4. The van der Waals surface area contributed by atoms with Crippen LogP contribution in [0.3, 0.4) is 0 Å². The standard InChI is InChI=1S/C17H23N3O2.ClH/c1-17(10-2-3-11-18-17)16(22)19-13-6-8-14(9-7-13)20-12-4-5-15(20)21;/h6-9,18H,2-5,10-12H2,1H3,(H,19,22);1H. The van der Waals surface area contributed by atoms with Crippen LogP contribution in [0.25, 0.3) is 0 Å². The van der Waals surface area contributed by atoms with E-state index in [-0.39, 0.29) is 24.2 Å². The van der Waals surface area contributed by atoms with Gasteiger partial charge in [0.15, 0.2) is 0 Å². The third kappa shape index (κ3) is 3.85. The molecule has 1 unspecified atom stereocenters. The lowest BCUT2D eigenvalue weighted by atomic mass is 9.90. The Morgan fingerprint density at radius 2 is 1.96 bits per heavy atom. The van der Waals surface area contributed by atoms with Gasteiger partial charge in [0.1, 0.15) is 0 Å². The molecule has 0 radical (unpaired) electrons. The molecule has 0 aliphatic carbocycles. The average molecular weight is 338 g/mol. The van der Waals surface area contributed by atoms with Gasteiger partial charge in [0.05, 0.1) is 5.54 Å². The van der Waals surface area contributed by atoms with Gasteiger partial charge in [-0.05, 0) is 63.4 Å². The topological polar surface area (TPSA) is 61.4 Å². The summed E-state index contributed by atoms with van der Waals surface area (Å²) in [5, 5.41) is 6.29. The van der Waals surface area contributed by atoms with Gasteiger partial charge in [-0.25, -0.2) is 0 Å². The van der Waals surface area contributed by atoms with E-state index in [9.17, 15) is 9.59 Å². The lowest BCUT2D eigenvalue weighted by Gasteiger charge is -2.33. The largest absolute Gasteiger partial charge is 0.324 e. The number of rotatable bonds is 3. The van der Waals surface area contributed by atoms with E-state index in [0.717, 1.165) is 50.1 Å². The number of hydrogen-bond acceptors (Lipinski definition) is 3. The molecule has 0 spiro atoms. The van der Waals surface area contributed by atoms with Crippen molar-refractivity contribution >= 4 is 35.6 Å². The molecule has 2 amide bonds. The Kier molecular flexibility index (Phi) is 5.65. The number of nitrogens with zero attached hydrogens (tertiary/aromatic N) is 1. The van der Waals surface area contributed by atoms with Crippen molar-refractivity contribution in [3.8, 4) is 0 Å². The van der Waals surface area contributed by atoms with Crippen LogP contribution in [0.1, 0.15) is 39.0 Å². The molecule has 2 aliphatic rings. The van der Waals surface area contributed by atoms with E-state index in [2.05, 4.69) is 10.6 Å². The fourth-order valence-corrected chi connectivity index (χ4v) is 3.16. The second-order valence-corrected chi connectivity index (χ2v) is 6.37. The summed E-state index contributed by atoms with van der Waals surface area (Å²) in [6.07, 6.45) is 4.61. The van der Waals surface area contributed by atoms with Crippen LogP contribution in [-0.4, -0.2) is 30.4 Å². The second kappa shape index (κ2) is 7.32. The Hall–Kier alpha value is -1.59. The lowest BCUT2D eigenvalue weighted by Crippen LogP contribution is -2.54. The van der Waals surface area contributed by atoms with Crippen molar-refractivity contribution in [3.63, 3.8) is 0 Å². The highest BCUT2D eigenvalue weighted by Gasteiger charge is 2.34. The molecule has 3 rings (SSSR count). The minimum atomic E-state index is -0.484. The lowest BCUT2D eigenvalue weighted by molar-refractivity contribution is -0.122. The highest BCUT2D eigenvalue weighted by Crippen LogP contribution is 2.24. The summed E-state index contributed by atoms with van der Waals surface area (Å²) in [6, 6.07) is 7.53. The van der Waals surface area contributed by atoms with Crippen molar-refractivity contribution in [2.24, 2.45) is 0 Å². The number of carbonyl (C=O) groups excluding carboxylic acids is 2. The summed E-state index contributed by atoms with van der Waals surface area (Å²) in [6.45, 7) is 3.63. The molecule has 2 N–H and O–H groups in total. The second-order valence-electron chi connectivity index (χ2n) is 6.37. The van der Waals surface area contributed by atoms with Gasteiger partial charge >= 0.3 is 0 Å². The molecule has 2 aliphatic heterocycles. The molecule has 6 heteroatoms. The molecule has 1 aromatic carbocycles. The molecule has 0 bridgehead atoms. The van der Waals surface area contributed by atoms with Crippen molar-refractivity contribution in [2.45, 2.75) is 44.6 Å². The minimum absolute atomic E-state index is 0. The van der Waals surface area contributed by atoms with Crippen LogP contribution < -0.4 is 15.5 Å². The number of benzene rings is 1. The summed E-state index contributed by atoms with van der Waals surface area (Å²) >= 11 is 0. The fourth-order valence-electron chi connectivity index (χ4n) is 3.16. The number of carbonyl (C=O) groups is 2. The summed E-state index contributed by atoms with van der Waals surface area (Å²) in [5.41, 5.74) is 1.19. The highest BCUT2D eigenvalue weighted by molar-refractivity contribution is 5.99. The van der Waals surface area contributed by atoms with Crippen LogP contribution in [0, 0.1) is 0 Å². The fraction of sp³-hybridized carbons (Fsp3) is 0.529. The van der Waals surface area contributed by atoms with Crippen molar-refractivity contribution < 1.29 is 9.59 Å². The zero-order chi connectivity index (χ0) is 15.6. The van der Waals surface area contributed by atoms with Gasteiger partial charge in [-0.3, -0.25) is 9.59 Å². The van der Waals surface area contributed by atoms with Crippen LogP contribution in [0.2, 0.25) is 0 Å². The van der Waals surface area contributed by atoms with Crippen molar-refractivity contribution in [2.75, 3.05) is 23.3 Å². The Bertz CT molecular complexity index is 568. The summed E-state index contributed by atoms with van der Waals surface area (Å²) in [4.78, 5) is 26.0. The zero-order valence-electron chi connectivity index (χ0n) is 13.4. The maximum Gasteiger partial charge on any atom is 0.244 e. The third-order valence-corrected chi connectivity index (χ3v) is 4.63. The normalized spacial score (nSPS) is 24.2. The van der Waals surface area contributed by atoms with Gasteiger partial charge in [0, 0.05) is 24.3 Å². The van der Waals surface area contributed by atoms with Gasteiger partial charge < -0.3 is 15.5 Å². The van der Waals surface area contributed by atoms with E-state index in [1.54, 1.807) is 4.90 Å². The SMILES string of the molecule is CC1(C(=O)Nc2ccc(N3CCCC3=O)cc2)CCCCN1.Cl. The van der Waals surface area contributed by atoms with Gasteiger partial charge in [0.25, 0.3) is 0 Å². The molecule has 5 nitrogen and oxygen atoms in total. The number of anilines is 2. The van der Waals surface area contributed by atoms with E-state index < -0.39 is 5.54 Å². The first kappa shape index (κ1) is 17.8. The van der Waals surface area contributed by atoms with Crippen LogP contribution in [0.5, 0.6) is 0 Å². The smallest absolute Gasteiger partial charge is 0.244 e. The van der Waals surface area contributed by atoms with Crippen molar-refractivity contribution in [1.82, 2.24) is 5.32 Å². The summed E-state index contributed by atoms with van der Waals surface area (Å²) in [5.74, 6) is 0.188. The Balaban J connectivity index is 0.00000192. The van der Waals surface area contributed by atoms with E-state index in [1.165, 1.54) is 0 Å². The molecule has 126 valence electrons. The molecule has 2 heterocycles. The number of hydrogen-bond donors (Lipinski definition) is 2. The van der Waals surface area contributed by atoms with Crippen LogP contribution in [0.4, 0.5) is 11.4 Å². The van der Waals surface area contributed by atoms with Gasteiger partial charge in [-0.1, -0.05) is 0 Å². The summed E-state index contributed by atoms with van der Waals surface area (Å²) < 4.78 is 0. The first-order chi connectivity index (χ1) is 10.6. The monoisotopic (exact) mass is 337 g/mol. The number of halogens is 1. The van der Waals surface area contributed by atoms with Crippen LogP contribution in [0.15, 0.2) is 24.3 Å². The third-order valence-electron chi connectivity index (χ3n) is 4.63. The van der Waals surface area contributed by atoms with Crippen molar-refractivity contribution in [3.05, 3.63) is 24.3 Å². The first-order valence-corrected chi connectivity index (χ1v) is 8.05. The zero-order valence-corrected chi connectivity index (χ0v) is 14.2. The Morgan fingerprint density at radius 1 is 1.22 bits per heavy atom. The van der Waals surface area contributed by atoms with E-state index >= 15 is 0 Å². The van der Waals surface area contributed by atoms with Gasteiger partial charge in [-0.2, -0.15) is 0 Å². The van der Waals surface area contributed by atoms with E-state index in [1.807, 2.05) is 31.2 Å². The Morgan fingerprint density at radius 3 is 2.52 bits per heavy atom. The number of piperidine rings is 1. The molecule has 1 atom stereocenters. The quantitative estimate of drug-likeness (QED) is 0.891. The van der Waals surface area contributed by atoms with Crippen LogP contribution >= 0.6 is 12.4 Å². The molecule has 2 saturated heterocycles. The highest BCUT2D eigenvalue weighted by atomic mass is 35.5. The van der Waals surface area contributed by atoms with E-state index in [0.29, 0.717) is 6.42 Å². The molecule has 1 aromatic rings. The summed E-state index contributed by atoms with van der Waals surface area (Å²) in [7, 11) is 0. The maximum atomic E-state index is 12.4. The number of amides is 2. The molecular weight excluding hydrogens is 314 g/mol. The first-order valence-electron chi connectivity index (χ1n) is 8.05. The minimum Gasteiger partial charge on any atom is -0.324 e. The molecule has 2 fully saturated rings. The molecular formula is C17H24ClN3O2. The average Bonchev–Trinajstić information content (AvgIpc) is 2.95. The van der Waals surface area contributed by atoms with E-state index in [4.69, 9.17) is 0 Å². The van der Waals surface area contributed by atoms with Gasteiger partial charge in [0.2, 0.25) is 11.8 Å². The van der Waals surface area contributed by atoms with Gasteiger partial charge in [-0.15, -0.1) is 12.4 Å². The predicted molar refractivity (Wildman–Crippen MR) is 94.2 cm³/mol. The molecule has 0 aromatic heterocycles. The number of nitrogens with one attached hydrogen (secondary N) is 2. The Labute approximate surface area is 143 Å². The van der Waals surface area contributed by atoms with Crippen molar-refractivity contribution in [1.29, 1.82) is 0 Å². The molecule has 23 heavy (non-hydrogen) atoms. The predicted octanol–water partition coefficient (Wildman–Crippen LogP) is 2.71.